The van der Waals surface area contributed by atoms with E-state index in [1.54, 1.807) is 6.92 Å². The number of hydrogen-bond acceptors (Lipinski definition) is 5. The number of rotatable bonds is 2. The number of nitrogens with zero attached hydrogens (tertiary/aromatic N) is 1. The van der Waals surface area contributed by atoms with Crippen molar-refractivity contribution in [2.45, 2.75) is 11.7 Å². The van der Waals surface area contributed by atoms with Crippen LogP contribution in [0, 0.1) is 5.41 Å². The van der Waals surface area contributed by atoms with Crippen molar-refractivity contribution in [3.63, 3.8) is 0 Å². The molecule has 15 heavy (non-hydrogen) atoms. The normalized spacial score (nSPS) is 21.2. The Balaban J connectivity index is 2.60. The molecule has 1 saturated heterocycles. The molecule has 0 aromatic carbocycles. The van der Waals surface area contributed by atoms with Gasteiger partial charge in [-0.05, 0) is 0 Å². The maximum absolute atomic E-state index is 11.3. The van der Waals surface area contributed by atoms with E-state index >= 15 is 0 Å². The van der Waals surface area contributed by atoms with Crippen molar-refractivity contribution in [2.75, 3.05) is 7.11 Å². The Morgan fingerprint density at radius 1 is 1.73 bits per heavy atom. The second-order valence-electron chi connectivity index (χ2n) is 2.67. The molecule has 82 valence electrons. The zero-order valence-corrected chi connectivity index (χ0v) is 9.87. The van der Waals surface area contributed by atoms with Crippen LogP contribution in [0.25, 0.3) is 0 Å². The van der Waals surface area contributed by atoms with Gasteiger partial charge in [-0.3, -0.25) is 0 Å². The van der Waals surface area contributed by atoms with Gasteiger partial charge in [-0.25, -0.2) is 0 Å². The topological polar surface area (TPSA) is 104 Å². The van der Waals surface area contributed by atoms with Gasteiger partial charge in [0, 0.05) is 0 Å². The number of amides is 2. The van der Waals surface area contributed by atoms with Gasteiger partial charge in [0.15, 0.2) is 0 Å². The Morgan fingerprint density at radius 3 is 2.87 bits per heavy atom. The average Bonchev–Trinajstić information content (AvgIpc) is 2.53. The van der Waals surface area contributed by atoms with Crippen molar-refractivity contribution in [1.82, 2.24) is 10.7 Å². The molecule has 1 heterocycles. The van der Waals surface area contributed by atoms with Crippen molar-refractivity contribution in [1.29, 1.82) is 5.41 Å². The zero-order valence-electron chi connectivity index (χ0n) is 8.16. The number of nitrogens with one attached hydrogen (secondary N) is 3. The quantitative estimate of drug-likeness (QED) is 0.352. The standard InChI is InChI=1S/C7H10N4O3Se/c1-3(10-11-7(13)14-2)4-5(12)9-6(8)15-4/h4H,1-2H3,(H,11,13)(H2,8,9,12)/b10-3+. The molecule has 0 saturated carbocycles. The van der Waals surface area contributed by atoms with Crippen LogP contribution in [-0.4, -0.2) is 44.5 Å². The van der Waals surface area contributed by atoms with Gasteiger partial charge in [-0.2, -0.15) is 0 Å². The first-order valence-electron chi connectivity index (χ1n) is 3.99. The van der Waals surface area contributed by atoms with Crippen LogP contribution in [0.1, 0.15) is 6.92 Å². The molecular formula is C7H10N4O3Se. The fourth-order valence-electron chi connectivity index (χ4n) is 0.891. The summed E-state index contributed by atoms with van der Waals surface area (Å²) in [5.74, 6) is -0.243. The molecule has 1 atom stereocenters. The Morgan fingerprint density at radius 2 is 2.40 bits per heavy atom. The van der Waals surface area contributed by atoms with E-state index in [0.717, 1.165) is 0 Å². The third-order valence-electron chi connectivity index (χ3n) is 1.60. The Kier molecular flexibility index (Phi) is 3.81. The van der Waals surface area contributed by atoms with Crippen LogP contribution in [0.3, 0.4) is 0 Å². The zero-order chi connectivity index (χ0) is 11.4. The first-order chi connectivity index (χ1) is 7.04. The molecule has 1 aliphatic heterocycles. The van der Waals surface area contributed by atoms with Crippen LogP contribution in [0.5, 0.6) is 0 Å². The predicted octanol–water partition coefficient (Wildman–Crippen LogP) is -0.724. The summed E-state index contributed by atoms with van der Waals surface area (Å²) in [6.45, 7) is 1.63. The average molecular weight is 277 g/mol. The third kappa shape index (κ3) is 3.03. The molecule has 0 bridgehead atoms. The molecule has 8 heteroatoms. The van der Waals surface area contributed by atoms with E-state index in [2.05, 4.69) is 20.6 Å². The molecule has 3 N–H and O–H groups in total. The summed E-state index contributed by atoms with van der Waals surface area (Å²) in [5, 5.41) is 13.4. The van der Waals surface area contributed by atoms with E-state index in [1.807, 2.05) is 0 Å². The molecule has 1 rings (SSSR count). The SMILES string of the molecule is COC(=O)N/N=C(\C)C1[Se]C(=N)NC1=O. The van der Waals surface area contributed by atoms with Crippen molar-refractivity contribution >= 4 is 37.4 Å². The third-order valence-corrected chi connectivity index (χ3v) is 3.97. The minimum absolute atomic E-state index is 0.227. The number of hydrogen-bond donors (Lipinski definition) is 3. The number of carbonyl (C=O) groups is 2. The second kappa shape index (κ2) is 4.90. The van der Waals surface area contributed by atoms with Crippen LogP contribution >= 0.6 is 0 Å². The van der Waals surface area contributed by atoms with Crippen molar-refractivity contribution in [2.24, 2.45) is 5.10 Å². The molecular weight excluding hydrogens is 267 g/mol. The first kappa shape index (κ1) is 11.7. The first-order valence-corrected chi connectivity index (χ1v) is 5.83. The Bertz CT molecular complexity index is 341. The van der Waals surface area contributed by atoms with Crippen LogP contribution in [0.15, 0.2) is 5.10 Å². The maximum atomic E-state index is 11.3. The van der Waals surface area contributed by atoms with E-state index in [4.69, 9.17) is 5.41 Å². The summed E-state index contributed by atoms with van der Waals surface area (Å²) in [6, 6.07) is 0. The summed E-state index contributed by atoms with van der Waals surface area (Å²) < 4.78 is 4.54. The molecule has 2 amide bonds. The van der Waals surface area contributed by atoms with Gasteiger partial charge in [-0.15, -0.1) is 0 Å². The molecule has 0 spiro atoms. The van der Waals surface area contributed by atoms with Crippen LogP contribution in [0.4, 0.5) is 4.79 Å². The van der Waals surface area contributed by atoms with Crippen LogP contribution in [-0.2, 0) is 9.53 Å². The van der Waals surface area contributed by atoms with Gasteiger partial charge in [0.2, 0.25) is 0 Å². The molecule has 1 fully saturated rings. The monoisotopic (exact) mass is 278 g/mol. The number of ether oxygens (including phenoxy) is 1. The van der Waals surface area contributed by atoms with E-state index in [1.165, 1.54) is 7.11 Å². The van der Waals surface area contributed by atoms with E-state index < -0.39 is 10.9 Å². The van der Waals surface area contributed by atoms with E-state index in [9.17, 15) is 9.59 Å². The van der Waals surface area contributed by atoms with Gasteiger partial charge in [0.25, 0.3) is 0 Å². The van der Waals surface area contributed by atoms with Crippen molar-refractivity contribution < 1.29 is 14.3 Å². The number of amidine groups is 1. The minimum atomic E-state index is -0.685. The van der Waals surface area contributed by atoms with E-state index in [-0.39, 0.29) is 25.6 Å². The predicted molar refractivity (Wildman–Crippen MR) is 54.0 cm³/mol. The molecule has 7 nitrogen and oxygen atoms in total. The molecule has 0 aromatic heterocycles. The summed E-state index contributed by atoms with van der Waals surface area (Å²) in [5.41, 5.74) is 2.60. The Hall–Kier alpha value is -1.40. The summed E-state index contributed by atoms with van der Waals surface area (Å²) in [4.78, 5) is 21.6. The summed E-state index contributed by atoms with van der Waals surface area (Å²) in [6.07, 6.45) is -0.685. The molecule has 0 radical (unpaired) electrons. The summed E-state index contributed by atoms with van der Waals surface area (Å²) >= 11 is -0.275. The molecule has 0 aliphatic carbocycles. The van der Waals surface area contributed by atoms with Gasteiger partial charge < -0.3 is 0 Å². The fraction of sp³-hybridized carbons (Fsp3) is 0.429. The van der Waals surface area contributed by atoms with Gasteiger partial charge in [-0.1, -0.05) is 0 Å². The van der Waals surface area contributed by atoms with Gasteiger partial charge >= 0.3 is 91.8 Å². The number of methoxy groups -OCH3 is 1. The Labute approximate surface area is 92.3 Å². The van der Waals surface area contributed by atoms with Crippen LogP contribution < -0.4 is 10.7 Å². The summed E-state index contributed by atoms with van der Waals surface area (Å²) in [7, 11) is 1.22. The number of carbonyl (C=O) groups excluding carboxylic acids is 2. The van der Waals surface area contributed by atoms with Crippen LogP contribution in [0.2, 0.25) is 4.82 Å². The molecule has 1 aliphatic rings. The molecule has 0 aromatic rings. The molecule has 1 unspecified atom stereocenters. The van der Waals surface area contributed by atoms with E-state index in [0.29, 0.717) is 5.71 Å². The van der Waals surface area contributed by atoms with Crippen molar-refractivity contribution in [3.8, 4) is 0 Å². The number of hydrazone groups is 1. The second-order valence-corrected chi connectivity index (χ2v) is 5.01. The fourth-order valence-corrected chi connectivity index (χ4v) is 2.54. The van der Waals surface area contributed by atoms with Gasteiger partial charge in [0.1, 0.15) is 0 Å². The van der Waals surface area contributed by atoms with Gasteiger partial charge in [0.05, 0.1) is 0 Å². The van der Waals surface area contributed by atoms with Crippen molar-refractivity contribution in [3.05, 3.63) is 0 Å².